The lowest BCUT2D eigenvalue weighted by Gasteiger charge is -2.47. The van der Waals surface area contributed by atoms with Gasteiger partial charge in [0.25, 0.3) is 0 Å². The van der Waals surface area contributed by atoms with Crippen molar-refractivity contribution in [2.75, 3.05) is 19.7 Å². The quantitative estimate of drug-likeness (QED) is 0.0892. The Morgan fingerprint density at radius 3 is 1.70 bits per heavy atom. The van der Waals surface area contributed by atoms with Crippen LogP contribution in [0, 0.1) is 0 Å². The average Bonchev–Trinajstić information content (AvgIpc) is 3.29. The van der Waals surface area contributed by atoms with Gasteiger partial charge in [-0.1, -0.05) is 0 Å². The number of nitrogens with two attached hydrogens (primary N) is 6. The molecule has 3 saturated heterocycles. The lowest BCUT2D eigenvalue weighted by atomic mass is 9.84. The molecular formula is C23H46N6O16S. The van der Waals surface area contributed by atoms with Crippen LogP contribution in [-0.4, -0.2) is 180 Å². The normalized spacial score (nSPS) is 50.5. The molecule has 3 heterocycles. The van der Waals surface area contributed by atoms with Crippen molar-refractivity contribution in [3.63, 3.8) is 0 Å². The van der Waals surface area contributed by atoms with Crippen molar-refractivity contribution in [2.45, 2.75) is 123 Å². The first kappa shape index (κ1) is 38.0. The maximum Gasteiger partial charge on any atom is 0.397 e. The van der Waals surface area contributed by atoms with Crippen molar-refractivity contribution in [3.05, 3.63) is 0 Å². The fraction of sp³-hybridized carbons (Fsp3) is 1.00. The minimum Gasteiger partial charge on any atom is -0.394 e. The van der Waals surface area contributed by atoms with Gasteiger partial charge in [0.1, 0.15) is 67.1 Å². The van der Waals surface area contributed by atoms with E-state index in [4.69, 9.17) is 67.4 Å². The van der Waals surface area contributed by atoms with E-state index in [1.165, 1.54) is 0 Å². The highest BCUT2D eigenvalue weighted by molar-refractivity contribution is 7.80. The second-order valence-corrected chi connectivity index (χ2v) is 12.8. The Balaban J connectivity index is 1.50. The minimum absolute atomic E-state index is 0.00249. The number of ether oxygens (including phenoxy) is 6. The first-order chi connectivity index (χ1) is 21.5. The van der Waals surface area contributed by atoms with Gasteiger partial charge in [0.05, 0.1) is 24.8 Å². The van der Waals surface area contributed by atoms with E-state index >= 15 is 0 Å². The zero-order valence-electron chi connectivity index (χ0n) is 24.5. The van der Waals surface area contributed by atoms with Gasteiger partial charge >= 0.3 is 10.4 Å². The molecule has 4 aliphatic rings. The molecule has 19 atom stereocenters. The van der Waals surface area contributed by atoms with Crippen molar-refractivity contribution in [1.82, 2.24) is 0 Å². The summed E-state index contributed by atoms with van der Waals surface area (Å²) in [5.74, 6) is 0. The van der Waals surface area contributed by atoms with Crippen LogP contribution in [0.3, 0.4) is 0 Å². The summed E-state index contributed by atoms with van der Waals surface area (Å²) in [6.07, 6.45) is -21.9. The van der Waals surface area contributed by atoms with Gasteiger partial charge in [0.15, 0.2) is 18.9 Å². The smallest absolute Gasteiger partial charge is 0.394 e. The van der Waals surface area contributed by atoms with Crippen molar-refractivity contribution in [1.29, 1.82) is 0 Å². The highest BCUT2D eigenvalue weighted by Gasteiger charge is 2.54. The molecule has 0 spiro atoms. The molecule has 4 rings (SSSR count). The molecule has 0 radical (unpaired) electrons. The average molecular weight is 695 g/mol. The highest BCUT2D eigenvalue weighted by Crippen LogP contribution is 2.34. The van der Waals surface area contributed by atoms with Crippen molar-refractivity contribution < 1.29 is 76.2 Å². The molecule has 19 unspecified atom stereocenters. The molecule has 23 heteroatoms. The van der Waals surface area contributed by atoms with Crippen LogP contribution < -0.4 is 34.4 Å². The Kier molecular flexibility index (Phi) is 12.7. The van der Waals surface area contributed by atoms with Gasteiger partial charge in [-0.2, -0.15) is 8.42 Å². The van der Waals surface area contributed by atoms with Crippen LogP contribution in [0.4, 0.5) is 0 Å². The predicted octanol–water partition coefficient (Wildman–Crippen LogP) is -9.07. The van der Waals surface area contributed by atoms with Crippen molar-refractivity contribution in [3.8, 4) is 0 Å². The third-order valence-electron chi connectivity index (χ3n) is 8.58. The largest absolute Gasteiger partial charge is 0.397 e. The third kappa shape index (κ3) is 7.96. The molecule has 0 amide bonds. The molecule has 1 aliphatic carbocycles. The van der Waals surface area contributed by atoms with Crippen LogP contribution in [0.25, 0.3) is 0 Å². The minimum atomic E-state index is -5.04. The second kappa shape index (κ2) is 15.4. The molecule has 46 heavy (non-hydrogen) atoms. The van der Waals surface area contributed by atoms with Gasteiger partial charge in [0.2, 0.25) is 0 Å². The third-order valence-corrected chi connectivity index (χ3v) is 9.04. The summed E-state index contributed by atoms with van der Waals surface area (Å²) in [7, 11) is -5.04. The lowest BCUT2D eigenvalue weighted by Crippen LogP contribution is -2.68. The van der Waals surface area contributed by atoms with Crippen LogP contribution in [-0.2, 0) is 43.0 Å². The Morgan fingerprint density at radius 2 is 1.13 bits per heavy atom. The number of hydrogen-bond acceptors (Lipinski definition) is 21. The predicted molar refractivity (Wildman–Crippen MR) is 149 cm³/mol. The fourth-order valence-corrected chi connectivity index (χ4v) is 6.50. The van der Waals surface area contributed by atoms with E-state index in [0.717, 1.165) is 0 Å². The van der Waals surface area contributed by atoms with Crippen LogP contribution in [0.1, 0.15) is 6.42 Å². The Labute approximate surface area is 263 Å². The van der Waals surface area contributed by atoms with Gasteiger partial charge in [0, 0.05) is 25.2 Å². The summed E-state index contributed by atoms with van der Waals surface area (Å²) in [6.45, 7) is -1.30. The van der Waals surface area contributed by atoms with Gasteiger partial charge in [-0.05, 0) is 6.42 Å². The summed E-state index contributed by atoms with van der Waals surface area (Å²) in [5.41, 5.74) is 35.7. The zero-order chi connectivity index (χ0) is 34.2. The topological polar surface area (TPSA) is 396 Å². The Hall–Kier alpha value is -0.850. The standard InChI is InChI=1S/C23H46N6O16S/c24-2-7-13(32)14(33)10(28)21(39-7)43-18-9(4-30)41-23(16(18)35)44-20-12(31)5(26)1-6(27)17(20)42-22-11(29)15(34)19(8(3-25)40-22)45-46(36,37)38/h5-23,30-35H,1-4,24-29H2,(H,36,37,38). The maximum atomic E-state index is 11.3. The summed E-state index contributed by atoms with van der Waals surface area (Å²) in [4.78, 5) is 0. The maximum absolute atomic E-state index is 11.3. The summed E-state index contributed by atoms with van der Waals surface area (Å²) in [5, 5.41) is 63.3. The summed E-state index contributed by atoms with van der Waals surface area (Å²) >= 11 is 0. The van der Waals surface area contributed by atoms with E-state index in [-0.39, 0.29) is 13.0 Å². The SMILES string of the molecule is NCC1OC(OC2C(CO)OC(OC3C(O)C(N)CC(N)C3OC3OC(CN)C(OS(=O)(=O)O)C(O)C3N)C2O)C(N)C(O)C1O. The van der Waals surface area contributed by atoms with Gasteiger partial charge in [-0.25, -0.2) is 4.18 Å². The van der Waals surface area contributed by atoms with E-state index in [0.29, 0.717) is 0 Å². The van der Waals surface area contributed by atoms with Crippen LogP contribution in [0.5, 0.6) is 0 Å². The number of hydrogen-bond donors (Lipinski definition) is 13. The zero-order valence-corrected chi connectivity index (χ0v) is 25.3. The first-order valence-electron chi connectivity index (χ1n) is 14.5. The molecule has 4 fully saturated rings. The van der Waals surface area contributed by atoms with Crippen LogP contribution >= 0.6 is 0 Å². The lowest BCUT2D eigenvalue weighted by molar-refractivity contribution is -0.305. The Bertz CT molecular complexity index is 1100. The van der Waals surface area contributed by atoms with Crippen molar-refractivity contribution >= 4 is 10.4 Å². The van der Waals surface area contributed by atoms with Crippen LogP contribution in [0.15, 0.2) is 0 Å². The number of aliphatic hydroxyl groups excluding tert-OH is 6. The molecular weight excluding hydrogens is 648 g/mol. The monoisotopic (exact) mass is 694 g/mol. The number of rotatable bonds is 11. The van der Waals surface area contributed by atoms with Crippen LogP contribution in [0.2, 0.25) is 0 Å². The van der Waals surface area contributed by atoms with E-state index in [1.807, 2.05) is 0 Å². The first-order valence-corrected chi connectivity index (χ1v) is 15.9. The highest BCUT2D eigenvalue weighted by atomic mass is 32.3. The van der Waals surface area contributed by atoms with E-state index in [2.05, 4.69) is 4.18 Å². The summed E-state index contributed by atoms with van der Waals surface area (Å²) < 4.78 is 70.7. The molecule has 3 aliphatic heterocycles. The van der Waals surface area contributed by atoms with E-state index in [1.54, 1.807) is 0 Å². The Morgan fingerprint density at radius 1 is 0.609 bits per heavy atom. The van der Waals surface area contributed by atoms with Gasteiger partial charge in [-0.15, -0.1) is 0 Å². The van der Waals surface area contributed by atoms with Gasteiger partial charge < -0.3 is 93.5 Å². The van der Waals surface area contributed by atoms with Gasteiger partial charge in [-0.3, -0.25) is 4.55 Å². The summed E-state index contributed by atoms with van der Waals surface area (Å²) in [6, 6.07) is -4.70. The molecule has 270 valence electrons. The molecule has 1 saturated carbocycles. The number of aliphatic hydroxyl groups is 6. The molecule has 19 N–H and O–H groups in total. The van der Waals surface area contributed by atoms with E-state index in [9.17, 15) is 39.1 Å². The molecule has 0 aromatic heterocycles. The van der Waals surface area contributed by atoms with E-state index < -0.39 is 140 Å². The van der Waals surface area contributed by atoms with Crippen molar-refractivity contribution in [2.24, 2.45) is 34.4 Å². The fourth-order valence-electron chi connectivity index (χ4n) is 5.98. The molecule has 0 bridgehead atoms. The molecule has 0 aromatic carbocycles. The molecule has 0 aromatic rings. The second-order valence-electron chi connectivity index (χ2n) is 11.7. The molecule has 22 nitrogen and oxygen atoms in total.